The van der Waals surface area contributed by atoms with Crippen molar-refractivity contribution in [3.05, 3.63) is 83.9 Å². The van der Waals surface area contributed by atoms with Gasteiger partial charge in [-0.15, -0.1) is 0 Å². The average Bonchev–Trinajstić information content (AvgIpc) is 2.89. The highest BCUT2D eigenvalue weighted by Gasteiger charge is 2.54. The lowest BCUT2D eigenvalue weighted by Crippen LogP contribution is -2.70. The highest BCUT2D eigenvalue weighted by Crippen LogP contribution is 2.47. The Bertz CT molecular complexity index is 1160. The summed E-state index contributed by atoms with van der Waals surface area (Å²) in [5, 5.41) is 7.80. The van der Waals surface area contributed by atoms with Crippen molar-refractivity contribution in [3.8, 4) is 0 Å². The standard InChI is InChI=1S/C31H40N2O2/c1-7-30(5)21-28(32-29(34)27-20-14-18-25-17-12-13-19-26(25)27)22(3)31(6,8-2)33(30)35-23(4)24-15-10-9-11-16-24/h9-20,22-23,28H,7-8,21H2,1-6H3,(H,32,34). The molecule has 1 fully saturated rings. The Morgan fingerprint density at radius 2 is 1.66 bits per heavy atom. The Labute approximate surface area is 210 Å². The molecule has 5 atom stereocenters. The maximum Gasteiger partial charge on any atom is 0.252 e. The number of nitrogens with zero attached hydrogens (tertiary/aromatic N) is 1. The Morgan fingerprint density at radius 1 is 1.00 bits per heavy atom. The van der Waals surface area contributed by atoms with Crippen LogP contribution in [0.4, 0.5) is 0 Å². The quantitative estimate of drug-likeness (QED) is 0.392. The van der Waals surface area contributed by atoms with Crippen LogP contribution in [0, 0.1) is 5.92 Å². The maximum atomic E-state index is 13.6. The number of hydrogen-bond acceptors (Lipinski definition) is 3. The molecule has 4 rings (SSSR count). The van der Waals surface area contributed by atoms with E-state index in [-0.39, 0.29) is 35.0 Å². The van der Waals surface area contributed by atoms with Gasteiger partial charge in [0.05, 0.1) is 0 Å². The molecule has 35 heavy (non-hydrogen) atoms. The lowest BCUT2D eigenvalue weighted by Gasteiger charge is -2.60. The van der Waals surface area contributed by atoms with Gasteiger partial charge in [0.2, 0.25) is 0 Å². The number of fused-ring (bicyclic) bond motifs is 1. The number of hydroxylamine groups is 2. The first kappa shape index (κ1) is 25.4. The van der Waals surface area contributed by atoms with Crippen LogP contribution >= 0.6 is 0 Å². The van der Waals surface area contributed by atoms with Gasteiger partial charge in [0.25, 0.3) is 5.91 Å². The first-order chi connectivity index (χ1) is 16.7. The molecule has 1 aliphatic heterocycles. The van der Waals surface area contributed by atoms with Crippen LogP contribution in [-0.4, -0.2) is 28.1 Å². The van der Waals surface area contributed by atoms with Gasteiger partial charge in [-0.25, -0.2) is 0 Å². The normalized spacial score (nSPS) is 28.1. The van der Waals surface area contributed by atoms with E-state index < -0.39 is 0 Å². The molecule has 0 aliphatic carbocycles. The van der Waals surface area contributed by atoms with Crippen molar-refractivity contribution >= 4 is 16.7 Å². The summed E-state index contributed by atoms with van der Waals surface area (Å²) in [7, 11) is 0. The molecule has 5 unspecified atom stereocenters. The zero-order valence-electron chi connectivity index (χ0n) is 22.0. The molecule has 4 nitrogen and oxygen atoms in total. The average molecular weight is 473 g/mol. The molecule has 186 valence electrons. The van der Waals surface area contributed by atoms with Crippen LogP contribution in [0.1, 0.15) is 82.8 Å². The van der Waals surface area contributed by atoms with E-state index in [0.717, 1.165) is 35.6 Å². The number of nitrogens with one attached hydrogen (secondary N) is 1. The van der Waals surface area contributed by atoms with Crippen LogP contribution in [0.25, 0.3) is 10.8 Å². The van der Waals surface area contributed by atoms with Crippen molar-refractivity contribution in [2.45, 2.75) is 84.0 Å². The predicted molar refractivity (Wildman–Crippen MR) is 144 cm³/mol. The minimum Gasteiger partial charge on any atom is -0.349 e. The fourth-order valence-electron chi connectivity index (χ4n) is 5.76. The van der Waals surface area contributed by atoms with Gasteiger partial charge < -0.3 is 5.32 Å². The first-order valence-corrected chi connectivity index (χ1v) is 13.0. The molecule has 0 saturated carbocycles. The van der Waals surface area contributed by atoms with E-state index in [1.54, 1.807) is 0 Å². The number of carbonyl (C=O) groups excluding carboxylic acids is 1. The fraction of sp³-hybridized carbons (Fsp3) is 0.452. The lowest BCUT2D eigenvalue weighted by molar-refractivity contribution is -0.327. The van der Waals surface area contributed by atoms with Crippen molar-refractivity contribution < 1.29 is 9.63 Å². The Balaban J connectivity index is 1.62. The van der Waals surface area contributed by atoms with Crippen molar-refractivity contribution in [3.63, 3.8) is 0 Å². The van der Waals surface area contributed by atoms with E-state index in [1.807, 2.05) is 36.4 Å². The molecule has 1 saturated heterocycles. The lowest BCUT2D eigenvalue weighted by atomic mass is 9.68. The van der Waals surface area contributed by atoms with E-state index in [9.17, 15) is 4.79 Å². The molecule has 1 N–H and O–H groups in total. The smallest absolute Gasteiger partial charge is 0.252 e. The van der Waals surface area contributed by atoms with E-state index in [1.165, 1.54) is 5.56 Å². The summed E-state index contributed by atoms with van der Waals surface area (Å²) in [4.78, 5) is 20.3. The minimum absolute atomic E-state index is 0.00239. The second-order valence-electron chi connectivity index (χ2n) is 10.6. The van der Waals surface area contributed by atoms with Crippen molar-refractivity contribution in [2.75, 3.05) is 0 Å². The van der Waals surface area contributed by atoms with Crippen LogP contribution in [-0.2, 0) is 4.84 Å². The van der Waals surface area contributed by atoms with Gasteiger partial charge in [-0.1, -0.05) is 87.5 Å². The number of piperidine rings is 1. The number of rotatable bonds is 7. The van der Waals surface area contributed by atoms with Gasteiger partial charge in [-0.05, 0) is 68.4 Å². The second kappa shape index (κ2) is 10.1. The highest BCUT2D eigenvalue weighted by atomic mass is 16.7. The number of carbonyl (C=O) groups is 1. The van der Waals surface area contributed by atoms with Crippen LogP contribution < -0.4 is 5.32 Å². The van der Waals surface area contributed by atoms with Gasteiger partial charge in [0.15, 0.2) is 0 Å². The topological polar surface area (TPSA) is 41.6 Å². The molecule has 3 aromatic rings. The molecular weight excluding hydrogens is 432 g/mol. The van der Waals surface area contributed by atoms with Gasteiger partial charge >= 0.3 is 0 Å². The summed E-state index contributed by atoms with van der Waals surface area (Å²) in [5.74, 6) is 0.205. The molecule has 1 heterocycles. The van der Waals surface area contributed by atoms with Gasteiger partial charge in [0.1, 0.15) is 6.10 Å². The van der Waals surface area contributed by atoms with Gasteiger partial charge in [-0.3, -0.25) is 9.63 Å². The van der Waals surface area contributed by atoms with E-state index in [0.29, 0.717) is 0 Å². The fourth-order valence-corrected chi connectivity index (χ4v) is 5.76. The molecule has 1 amide bonds. The maximum absolute atomic E-state index is 13.6. The van der Waals surface area contributed by atoms with E-state index in [2.05, 4.69) is 88.3 Å². The summed E-state index contributed by atoms with van der Waals surface area (Å²) in [6.07, 6.45) is 2.63. The van der Waals surface area contributed by atoms with Gasteiger partial charge in [0, 0.05) is 22.7 Å². The van der Waals surface area contributed by atoms with Crippen molar-refractivity contribution in [1.82, 2.24) is 10.4 Å². The SMILES string of the molecule is CCC1(C)CC(NC(=O)c2cccc3ccccc23)C(C)C(C)(CC)N1OC(C)c1ccccc1. The van der Waals surface area contributed by atoms with Crippen LogP contribution in [0.15, 0.2) is 72.8 Å². The first-order valence-electron chi connectivity index (χ1n) is 13.0. The van der Waals surface area contributed by atoms with Crippen LogP contribution in [0.5, 0.6) is 0 Å². The van der Waals surface area contributed by atoms with E-state index >= 15 is 0 Å². The summed E-state index contributed by atoms with van der Waals surface area (Å²) in [6, 6.07) is 24.5. The molecule has 1 aliphatic rings. The van der Waals surface area contributed by atoms with E-state index in [4.69, 9.17) is 4.84 Å². The molecule has 0 bridgehead atoms. The number of amides is 1. The van der Waals surface area contributed by atoms with Crippen molar-refractivity contribution in [2.24, 2.45) is 5.92 Å². The Kier molecular flexibility index (Phi) is 7.35. The summed E-state index contributed by atoms with van der Waals surface area (Å²) in [6.45, 7) is 13.4. The Morgan fingerprint density at radius 3 is 2.34 bits per heavy atom. The predicted octanol–water partition coefficient (Wildman–Crippen LogP) is 7.31. The molecular formula is C31H40N2O2. The minimum atomic E-state index is -0.233. The largest absolute Gasteiger partial charge is 0.349 e. The zero-order valence-corrected chi connectivity index (χ0v) is 22.0. The van der Waals surface area contributed by atoms with Crippen LogP contribution in [0.3, 0.4) is 0 Å². The summed E-state index contributed by atoms with van der Waals surface area (Å²) < 4.78 is 0. The second-order valence-corrected chi connectivity index (χ2v) is 10.6. The molecule has 4 heteroatoms. The Hall–Kier alpha value is -2.69. The monoisotopic (exact) mass is 472 g/mol. The molecule has 0 spiro atoms. The van der Waals surface area contributed by atoms with Crippen LogP contribution in [0.2, 0.25) is 0 Å². The number of benzene rings is 3. The third-order valence-electron chi connectivity index (χ3n) is 8.56. The summed E-state index contributed by atoms with van der Waals surface area (Å²) >= 11 is 0. The molecule has 0 radical (unpaired) electrons. The van der Waals surface area contributed by atoms with Crippen molar-refractivity contribution in [1.29, 1.82) is 0 Å². The number of hydrogen-bond donors (Lipinski definition) is 1. The van der Waals surface area contributed by atoms with Gasteiger partial charge in [-0.2, -0.15) is 5.06 Å². The summed E-state index contributed by atoms with van der Waals surface area (Å²) in [5.41, 5.74) is 1.46. The highest BCUT2D eigenvalue weighted by molar-refractivity contribution is 6.07. The molecule has 3 aromatic carbocycles. The third-order valence-corrected chi connectivity index (χ3v) is 8.56. The molecule has 0 aromatic heterocycles. The zero-order chi connectivity index (χ0) is 25.2. The third kappa shape index (κ3) is 4.74.